The van der Waals surface area contributed by atoms with Gasteiger partial charge in [0.15, 0.2) is 6.20 Å². The van der Waals surface area contributed by atoms with Gasteiger partial charge in [0, 0.05) is 26.5 Å². The van der Waals surface area contributed by atoms with E-state index in [1.54, 1.807) is 42.1 Å². The first-order chi connectivity index (χ1) is 16.9. The molecule has 28 heavy (non-hydrogen) atoms. The topological polar surface area (TPSA) is 17.0 Å². The van der Waals surface area contributed by atoms with Crippen LogP contribution in [0.1, 0.15) is 22.1 Å². The van der Waals surface area contributed by atoms with Crippen LogP contribution in [0.4, 0.5) is 0 Å². The lowest BCUT2D eigenvalue weighted by Crippen LogP contribution is -2.31. The molecule has 0 saturated carbocycles. The van der Waals surface area contributed by atoms with Gasteiger partial charge in [0.05, 0.1) is 12.4 Å². The molecule has 0 amide bonds. The quantitative estimate of drug-likeness (QED) is 0.329. The van der Waals surface area contributed by atoms with Crippen LogP contribution in [0.15, 0.2) is 83.3 Å². The van der Waals surface area contributed by atoms with Crippen LogP contribution >= 0.6 is 0 Å². The summed E-state index contributed by atoms with van der Waals surface area (Å²) in [6, 6.07) is 10.8. The molecule has 0 bridgehead atoms. The number of aryl methyl sites for hydroxylation is 3. The Balaban J connectivity index is 1.75. The smallest absolute Gasteiger partial charge is 0.216 e. The van der Waals surface area contributed by atoms with E-state index in [1.807, 2.05) is 25.1 Å². The van der Waals surface area contributed by atoms with Gasteiger partial charge in [-0.3, -0.25) is 0 Å². The predicted octanol–water partition coefficient (Wildman–Crippen LogP) is 6.36. The molecule has 0 saturated heterocycles. The SMILES string of the molecule is [2H]c1c([2H])c([2H])c(-c2ccc3c(c2)oc2c(-c4ccc(C([2H])([2H])[2H])c[n+]4C)c(C)ccc23)c([2H])c1[2H]. The van der Waals surface area contributed by atoms with E-state index >= 15 is 0 Å². The van der Waals surface area contributed by atoms with Crippen molar-refractivity contribution in [3.8, 4) is 22.4 Å². The zero-order valence-electron chi connectivity index (χ0n) is 23.5. The zero-order chi connectivity index (χ0) is 26.1. The van der Waals surface area contributed by atoms with E-state index in [1.165, 1.54) is 0 Å². The standard InChI is InChI=1S/C26H22NO/c1-17-9-14-23(27(3)16-17)25-18(2)10-12-22-21-13-11-20(15-24(21)28-26(22)25)19-7-5-4-6-8-19/h4-16H,1-3H3/q+1/i1D3,4D,5D,6D,7D,8D. The molecule has 0 N–H and O–H groups in total. The van der Waals surface area contributed by atoms with Crippen LogP contribution in [0.2, 0.25) is 0 Å². The van der Waals surface area contributed by atoms with Crippen molar-refractivity contribution in [2.45, 2.75) is 13.8 Å². The van der Waals surface area contributed by atoms with Gasteiger partial charge < -0.3 is 4.42 Å². The highest BCUT2D eigenvalue weighted by atomic mass is 16.3. The molecule has 0 aliphatic rings. The minimum Gasteiger partial charge on any atom is -0.455 e. The molecule has 0 spiro atoms. The third-order valence-corrected chi connectivity index (χ3v) is 5.03. The lowest BCUT2D eigenvalue weighted by atomic mass is 9.99. The minimum absolute atomic E-state index is 0.117. The van der Waals surface area contributed by atoms with Gasteiger partial charge >= 0.3 is 0 Å². The van der Waals surface area contributed by atoms with Gasteiger partial charge in [-0.1, -0.05) is 48.4 Å². The van der Waals surface area contributed by atoms with E-state index in [2.05, 4.69) is 0 Å². The Morgan fingerprint density at radius 3 is 2.54 bits per heavy atom. The van der Waals surface area contributed by atoms with E-state index in [0.29, 0.717) is 16.7 Å². The van der Waals surface area contributed by atoms with Crippen molar-refractivity contribution in [2.75, 3.05) is 0 Å². The highest BCUT2D eigenvalue weighted by Gasteiger charge is 2.20. The number of furan rings is 1. The van der Waals surface area contributed by atoms with Crippen molar-refractivity contribution in [3.05, 3.63) is 90.0 Å². The molecular weight excluding hydrogens is 342 g/mol. The molecule has 0 radical (unpaired) electrons. The van der Waals surface area contributed by atoms with E-state index in [9.17, 15) is 0 Å². The third kappa shape index (κ3) is 2.61. The highest BCUT2D eigenvalue weighted by Crippen LogP contribution is 2.38. The number of hydrogen-bond donors (Lipinski definition) is 0. The Bertz CT molecular complexity index is 1670. The normalized spacial score (nSPS) is 15.9. The van der Waals surface area contributed by atoms with E-state index in [-0.39, 0.29) is 35.3 Å². The first-order valence-corrected chi connectivity index (χ1v) is 8.94. The molecule has 2 aromatic heterocycles. The Morgan fingerprint density at radius 2 is 1.75 bits per heavy atom. The fourth-order valence-corrected chi connectivity index (χ4v) is 3.67. The largest absolute Gasteiger partial charge is 0.455 e. The molecule has 0 aliphatic carbocycles. The molecule has 5 rings (SSSR count). The zero-order valence-corrected chi connectivity index (χ0v) is 15.5. The van der Waals surface area contributed by atoms with Crippen LogP contribution in [0.25, 0.3) is 44.3 Å². The summed E-state index contributed by atoms with van der Waals surface area (Å²) in [5, 5.41) is 1.68. The maximum atomic E-state index is 8.30. The number of nitrogens with zero attached hydrogens (tertiary/aromatic N) is 1. The second kappa shape index (κ2) is 6.35. The van der Waals surface area contributed by atoms with Crippen molar-refractivity contribution in [3.63, 3.8) is 0 Å². The average Bonchev–Trinajstić information content (AvgIpc) is 3.19. The highest BCUT2D eigenvalue weighted by molar-refractivity contribution is 6.10. The summed E-state index contributed by atoms with van der Waals surface area (Å²) in [4.78, 5) is 0. The Hall–Kier alpha value is -3.39. The molecule has 0 aliphatic heterocycles. The van der Waals surface area contributed by atoms with Gasteiger partial charge in [0.2, 0.25) is 5.69 Å². The molecule has 2 heteroatoms. The molecule has 3 aromatic carbocycles. The molecular formula is C26H22NO+. The summed E-state index contributed by atoms with van der Waals surface area (Å²) >= 11 is 0. The first kappa shape index (κ1) is 10.2. The van der Waals surface area contributed by atoms with Crippen LogP contribution in [0.5, 0.6) is 0 Å². The summed E-state index contributed by atoms with van der Waals surface area (Å²) in [5.74, 6) is 0. The molecule has 0 fully saturated rings. The number of hydrogen-bond acceptors (Lipinski definition) is 1. The molecule has 0 atom stereocenters. The average molecular weight is 373 g/mol. The van der Waals surface area contributed by atoms with Gasteiger partial charge in [0.1, 0.15) is 18.2 Å². The minimum atomic E-state index is -2.21. The summed E-state index contributed by atoms with van der Waals surface area (Å²) in [5.41, 5.74) is 4.53. The van der Waals surface area contributed by atoms with E-state index in [4.69, 9.17) is 15.4 Å². The fraction of sp³-hybridized carbons (Fsp3) is 0.115. The summed E-state index contributed by atoms with van der Waals surface area (Å²) in [7, 11) is 1.79. The number of fused-ring (bicyclic) bond motifs is 3. The maximum Gasteiger partial charge on any atom is 0.216 e. The molecule has 2 heterocycles. The third-order valence-electron chi connectivity index (χ3n) is 5.03. The van der Waals surface area contributed by atoms with Crippen molar-refractivity contribution < 1.29 is 20.0 Å². The maximum absolute atomic E-state index is 8.30. The summed E-state index contributed by atoms with van der Waals surface area (Å²) < 4.78 is 71.6. The lowest BCUT2D eigenvalue weighted by Gasteiger charge is -2.05. The molecule has 2 nitrogen and oxygen atoms in total. The van der Waals surface area contributed by atoms with Crippen LogP contribution in [0, 0.1) is 13.8 Å². The second-order valence-electron chi connectivity index (χ2n) is 6.86. The van der Waals surface area contributed by atoms with Gasteiger partial charge in [0.25, 0.3) is 0 Å². The van der Waals surface area contributed by atoms with Crippen LogP contribution < -0.4 is 4.57 Å². The van der Waals surface area contributed by atoms with Gasteiger partial charge in [-0.05, 0) is 48.7 Å². The first-order valence-electron chi connectivity index (χ1n) is 12.9. The monoisotopic (exact) mass is 372 g/mol. The number of aromatic nitrogens is 1. The van der Waals surface area contributed by atoms with Crippen molar-refractivity contribution in [1.82, 2.24) is 0 Å². The van der Waals surface area contributed by atoms with E-state index in [0.717, 1.165) is 27.6 Å². The molecule has 136 valence electrons. The van der Waals surface area contributed by atoms with Gasteiger partial charge in [-0.15, -0.1) is 0 Å². The number of pyridine rings is 1. The fourth-order valence-electron chi connectivity index (χ4n) is 3.67. The van der Waals surface area contributed by atoms with Crippen molar-refractivity contribution in [1.29, 1.82) is 0 Å². The number of rotatable bonds is 2. The Labute approximate surface area is 175 Å². The van der Waals surface area contributed by atoms with Crippen molar-refractivity contribution in [2.24, 2.45) is 7.05 Å². The second-order valence-corrected chi connectivity index (χ2v) is 6.86. The van der Waals surface area contributed by atoms with Crippen molar-refractivity contribution >= 4 is 21.9 Å². The van der Waals surface area contributed by atoms with Gasteiger partial charge in [-0.25, -0.2) is 4.57 Å². The summed E-state index contributed by atoms with van der Waals surface area (Å²) in [6.07, 6.45) is 1.60. The van der Waals surface area contributed by atoms with E-state index < -0.39 is 12.9 Å². The lowest BCUT2D eigenvalue weighted by molar-refractivity contribution is -0.660. The summed E-state index contributed by atoms with van der Waals surface area (Å²) in [6.45, 7) is -0.256. The van der Waals surface area contributed by atoms with Crippen LogP contribution in [-0.4, -0.2) is 0 Å². The Kier molecular flexibility index (Phi) is 2.32. The van der Waals surface area contributed by atoms with Crippen LogP contribution in [0.3, 0.4) is 0 Å². The molecule has 0 unspecified atom stereocenters. The number of benzene rings is 3. The van der Waals surface area contributed by atoms with Gasteiger partial charge in [-0.2, -0.15) is 0 Å². The molecule has 5 aromatic rings. The van der Waals surface area contributed by atoms with Crippen LogP contribution in [-0.2, 0) is 7.05 Å². The predicted molar refractivity (Wildman–Crippen MR) is 115 cm³/mol. The Morgan fingerprint density at radius 1 is 0.929 bits per heavy atom.